The van der Waals surface area contributed by atoms with Crippen molar-refractivity contribution in [1.29, 1.82) is 0 Å². The van der Waals surface area contributed by atoms with Crippen LogP contribution in [-0.4, -0.2) is 74.5 Å². The van der Waals surface area contributed by atoms with E-state index in [1.165, 1.54) is 48.4 Å². The predicted octanol–water partition coefficient (Wildman–Crippen LogP) is 5.37. The molecule has 0 fully saturated rings. The van der Waals surface area contributed by atoms with Crippen molar-refractivity contribution < 1.29 is 54.2 Å². The number of thioether (sulfide) groups is 2. The molecular formula is C28H33F2N3O9S5. The second-order valence-electron chi connectivity index (χ2n) is 9.82. The van der Waals surface area contributed by atoms with Gasteiger partial charge in [-0.25, -0.2) is 8.78 Å². The molecule has 2 aromatic carbocycles. The number of nitrogens with one attached hydrogen (secondary N) is 1. The van der Waals surface area contributed by atoms with Crippen LogP contribution in [0.3, 0.4) is 0 Å². The molecule has 0 saturated carbocycles. The van der Waals surface area contributed by atoms with Crippen LogP contribution >= 0.6 is 34.9 Å². The molecule has 3 heterocycles. The van der Waals surface area contributed by atoms with Gasteiger partial charge in [-0.1, -0.05) is 40.9 Å². The topological polar surface area (TPSA) is 176 Å². The van der Waals surface area contributed by atoms with E-state index in [2.05, 4.69) is 5.32 Å². The van der Waals surface area contributed by atoms with E-state index in [1.54, 1.807) is 31.0 Å². The van der Waals surface area contributed by atoms with E-state index >= 15 is 0 Å². The van der Waals surface area contributed by atoms with Crippen molar-refractivity contribution >= 4 is 77.1 Å². The van der Waals surface area contributed by atoms with Crippen LogP contribution in [0, 0.1) is 11.6 Å². The number of aromatic nitrogens is 1. The van der Waals surface area contributed by atoms with Crippen LogP contribution in [0.5, 0.6) is 5.75 Å². The number of halogens is 2. The van der Waals surface area contributed by atoms with E-state index in [1.807, 2.05) is 33.9 Å². The summed E-state index contributed by atoms with van der Waals surface area (Å²) in [5.74, 6) is -0.487. The first-order chi connectivity index (χ1) is 21.7. The van der Waals surface area contributed by atoms with Crippen molar-refractivity contribution in [1.82, 2.24) is 4.90 Å². The zero-order chi connectivity index (χ0) is 33.5. The minimum atomic E-state index is -4.08. The van der Waals surface area contributed by atoms with E-state index in [9.17, 15) is 25.6 Å². The summed E-state index contributed by atoms with van der Waals surface area (Å²) >= 11 is 4.32. The first-order valence-electron chi connectivity index (χ1n) is 13.6. The van der Waals surface area contributed by atoms with E-state index in [4.69, 9.17) is 18.6 Å². The second-order valence-corrected chi connectivity index (χ2v) is 16.1. The molecule has 47 heavy (non-hydrogen) atoms. The molecule has 12 nitrogen and oxygen atoms in total. The number of ether oxygens (including phenoxy) is 2. The number of methoxy groups -OCH3 is 2. The Morgan fingerprint density at radius 2 is 1.77 bits per heavy atom. The van der Waals surface area contributed by atoms with Crippen LogP contribution < -0.4 is 14.6 Å². The minimum Gasteiger partial charge on any atom is -0.870 e. The lowest BCUT2D eigenvalue weighted by molar-refractivity contribution is -0.668. The number of hydrogen-bond acceptors (Lipinski definition) is 12. The summed E-state index contributed by atoms with van der Waals surface area (Å²) in [5.41, 5.74) is 1.54. The van der Waals surface area contributed by atoms with Crippen LogP contribution in [0.15, 0.2) is 63.7 Å². The first kappa shape index (κ1) is 38.5. The molecule has 3 aromatic rings. The number of nitrogens with zero attached hydrogens (tertiary/aromatic N) is 2. The third kappa shape index (κ3) is 11.6. The maximum atomic E-state index is 14.2. The highest BCUT2D eigenvalue weighted by Gasteiger charge is 2.22. The molecule has 258 valence electrons. The van der Waals surface area contributed by atoms with Crippen molar-refractivity contribution in [2.24, 2.45) is 0 Å². The molecule has 0 unspecified atom stereocenters. The average Bonchev–Trinajstić information content (AvgIpc) is 3.68. The van der Waals surface area contributed by atoms with Gasteiger partial charge >= 0.3 is 0 Å². The van der Waals surface area contributed by atoms with Crippen LogP contribution in [0.2, 0.25) is 0 Å². The van der Waals surface area contributed by atoms with Gasteiger partial charge in [-0.05, 0) is 30.7 Å². The molecule has 19 heteroatoms. The SMILES string of the molecule is COC1=CN(CCCS(=O)(=O)O)CS1.COc1cc2c(cc1F)sc(C=CC=C1Nc3ccc(F)cc3S1)[n+]2CCCS(=O)(=O)O.[OH-]. The Morgan fingerprint density at radius 3 is 2.43 bits per heavy atom. The molecule has 0 aliphatic carbocycles. The summed E-state index contributed by atoms with van der Waals surface area (Å²) in [6, 6.07) is 7.50. The first-order valence-corrected chi connectivity index (χ1v) is 19.4. The maximum absolute atomic E-state index is 14.2. The molecule has 1 aromatic heterocycles. The van der Waals surface area contributed by atoms with Crippen LogP contribution in [-0.2, 0) is 31.5 Å². The fourth-order valence-electron chi connectivity index (χ4n) is 4.33. The maximum Gasteiger partial charge on any atom is 0.265 e. The number of benzene rings is 2. The van der Waals surface area contributed by atoms with E-state index < -0.39 is 26.1 Å². The standard InChI is InChI=1S/C21H18F2N2O4S3.C7H13NO4S2.H2O/c1-29-17-12-16-19(11-14(17)23)31-21(25(16)8-3-9-32(26,27)28)5-2-4-20-24-15-7-6-13(22)10-18(15)30-20;1-12-7-5-8(6-13-7)3-2-4-14(9,10)11;/h2,4-7,10-12H,3,8-9H2,1H3,(H,26,27,28);5H,2-4,6H2,1H3,(H,9,10,11);1H2. The average molecular weight is 754 g/mol. The lowest BCUT2D eigenvalue weighted by Gasteiger charge is -2.12. The molecule has 0 saturated heterocycles. The molecule has 0 amide bonds. The van der Waals surface area contributed by atoms with Crippen LogP contribution in [0.25, 0.3) is 16.3 Å². The normalized spacial score (nSPS) is 15.2. The number of anilines is 1. The number of fused-ring (bicyclic) bond motifs is 2. The highest BCUT2D eigenvalue weighted by Crippen LogP contribution is 2.41. The highest BCUT2D eigenvalue weighted by atomic mass is 32.2. The van der Waals surface area contributed by atoms with Gasteiger partial charge in [0.2, 0.25) is 5.52 Å². The number of aryl methyl sites for hydroxylation is 1. The second kappa shape index (κ2) is 17.0. The van der Waals surface area contributed by atoms with Crippen molar-refractivity contribution in [3.05, 3.63) is 75.4 Å². The molecule has 4 N–H and O–H groups in total. The van der Waals surface area contributed by atoms with Gasteiger partial charge in [-0.15, -0.1) is 0 Å². The monoisotopic (exact) mass is 753 g/mol. The van der Waals surface area contributed by atoms with E-state index in [0.29, 0.717) is 29.7 Å². The van der Waals surface area contributed by atoms with Gasteiger partial charge in [0, 0.05) is 36.2 Å². The third-order valence-corrected chi connectivity index (χ3v) is 11.2. The fourth-order valence-corrected chi connectivity index (χ4v) is 8.21. The molecule has 0 bridgehead atoms. The molecule has 0 radical (unpaired) electrons. The lowest BCUT2D eigenvalue weighted by Crippen LogP contribution is -2.36. The van der Waals surface area contributed by atoms with Gasteiger partial charge in [-0.2, -0.15) is 21.4 Å². The molecule has 0 spiro atoms. The molecule has 2 aliphatic rings. The van der Waals surface area contributed by atoms with Crippen LogP contribution in [0.1, 0.15) is 17.8 Å². The van der Waals surface area contributed by atoms with Gasteiger partial charge in [0.1, 0.15) is 10.5 Å². The van der Waals surface area contributed by atoms with Gasteiger partial charge in [0.05, 0.1) is 48.4 Å². The van der Waals surface area contributed by atoms with Crippen molar-refractivity contribution in [2.75, 3.05) is 43.5 Å². The third-order valence-electron chi connectivity index (χ3n) is 6.41. The molecule has 5 rings (SSSR count). The summed E-state index contributed by atoms with van der Waals surface area (Å²) in [4.78, 5) is 2.75. The number of hydrogen-bond donors (Lipinski definition) is 3. The zero-order valence-corrected chi connectivity index (χ0v) is 29.2. The lowest BCUT2D eigenvalue weighted by atomic mass is 10.3. The predicted molar refractivity (Wildman–Crippen MR) is 180 cm³/mol. The van der Waals surface area contributed by atoms with Crippen molar-refractivity contribution in [3.8, 4) is 5.75 Å². The van der Waals surface area contributed by atoms with Crippen molar-refractivity contribution in [2.45, 2.75) is 24.3 Å². The van der Waals surface area contributed by atoms with Crippen LogP contribution in [0.4, 0.5) is 14.5 Å². The highest BCUT2D eigenvalue weighted by molar-refractivity contribution is 8.03. The van der Waals surface area contributed by atoms with E-state index in [0.717, 1.165) is 31.6 Å². The van der Waals surface area contributed by atoms with Gasteiger partial charge in [0.25, 0.3) is 25.2 Å². The van der Waals surface area contributed by atoms with Gasteiger partial charge in [0.15, 0.2) is 23.2 Å². The number of rotatable bonds is 12. The smallest absolute Gasteiger partial charge is 0.265 e. The quantitative estimate of drug-likeness (QED) is 0.159. The summed E-state index contributed by atoms with van der Waals surface area (Å²) in [7, 11) is -4.93. The summed E-state index contributed by atoms with van der Waals surface area (Å²) in [5, 5.41) is 5.63. The molecular weight excluding hydrogens is 721 g/mol. The largest absolute Gasteiger partial charge is 0.870 e. The Morgan fingerprint density at radius 1 is 1.04 bits per heavy atom. The molecule has 0 atom stereocenters. The van der Waals surface area contributed by atoms with Gasteiger partial charge in [-0.3, -0.25) is 9.11 Å². The fraction of sp³-hybridized carbons (Fsp3) is 0.321. The van der Waals surface area contributed by atoms with Gasteiger partial charge < -0.3 is 25.2 Å². The van der Waals surface area contributed by atoms with Crippen molar-refractivity contribution in [3.63, 3.8) is 0 Å². The summed E-state index contributed by atoms with van der Waals surface area (Å²) < 4.78 is 101. The molecule has 2 aliphatic heterocycles. The Balaban J connectivity index is 0.000000338. The summed E-state index contributed by atoms with van der Waals surface area (Å²) in [6.45, 7) is 0.919. The Kier molecular flexibility index (Phi) is 13.9. The Labute approximate surface area is 283 Å². The number of thiazole rings is 1. The van der Waals surface area contributed by atoms with E-state index in [-0.39, 0.29) is 35.0 Å². The number of allylic oxidation sites excluding steroid dienone is 2. The minimum absolute atomic E-state index is 0. The Bertz CT molecular complexity index is 1880. The Hall–Kier alpha value is -2.91. The summed E-state index contributed by atoms with van der Waals surface area (Å²) in [6.07, 6.45) is 7.95. The zero-order valence-electron chi connectivity index (χ0n) is 25.1.